The minimum Gasteiger partial charge on any atom is -0.322 e. The Morgan fingerprint density at radius 2 is 2.17 bits per heavy atom. The Labute approximate surface area is 145 Å². The summed E-state index contributed by atoms with van der Waals surface area (Å²) in [5.74, 6) is 2.93. The highest BCUT2D eigenvalue weighted by Crippen LogP contribution is 2.30. The molecule has 1 atom stereocenters. The molecule has 0 spiro atoms. The van der Waals surface area contributed by atoms with Gasteiger partial charge in [-0.05, 0) is 43.4 Å². The van der Waals surface area contributed by atoms with Gasteiger partial charge in [0.25, 0.3) is 5.56 Å². The van der Waals surface area contributed by atoms with Crippen molar-refractivity contribution in [1.29, 1.82) is 0 Å². The molecule has 122 valence electrons. The van der Waals surface area contributed by atoms with Gasteiger partial charge in [-0.1, -0.05) is 25.0 Å². The number of H-pyrrole nitrogens is 1. The summed E-state index contributed by atoms with van der Waals surface area (Å²) in [5, 5.41) is 4.12. The van der Waals surface area contributed by atoms with Crippen LogP contribution < -0.4 is 5.56 Å². The lowest BCUT2D eigenvalue weighted by Gasteiger charge is -2.23. The van der Waals surface area contributed by atoms with Gasteiger partial charge in [-0.15, -0.1) is 17.8 Å². The van der Waals surface area contributed by atoms with E-state index in [1.165, 1.54) is 0 Å². The molecular weight excluding hydrogens is 316 g/mol. The third kappa shape index (κ3) is 3.00. The minimum atomic E-state index is -0.463. The highest BCUT2D eigenvalue weighted by molar-refractivity contribution is 7.09. The average molecular weight is 336 g/mol. The zero-order valence-electron chi connectivity index (χ0n) is 14.1. The van der Waals surface area contributed by atoms with E-state index in [0.29, 0.717) is 6.42 Å². The molecule has 0 aliphatic heterocycles. The predicted molar refractivity (Wildman–Crippen MR) is 101 cm³/mol. The molecule has 0 radical (unpaired) electrons. The fourth-order valence-corrected chi connectivity index (χ4v) is 3.55. The summed E-state index contributed by atoms with van der Waals surface area (Å²) >= 11 is 1.63. The van der Waals surface area contributed by atoms with Crippen LogP contribution in [-0.2, 0) is 18.3 Å². The van der Waals surface area contributed by atoms with E-state index in [0.717, 1.165) is 39.2 Å². The molecule has 1 N–H and O–H groups in total. The number of nitrogens with one attached hydrogen (secondary N) is 1. The number of fused-ring (bicyclic) bond motifs is 1. The number of aryl methyl sites for hydroxylation is 2. The lowest BCUT2D eigenvalue weighted by Crippen LogP contribution is -2.23. The Kier molecular flexibility index (Phi) is 4.29. The average Bonchev–Trinajstić information content (AvgIpc) is 2.98. The summed E-state index contributed by atoms with van der Waals surface area (Å²) in [6.45, 7) is 6.02. The first kappa shape index (κ1) is 16.5. The van der Waals surface area contributed by atoms with Crippen molar-refractivity contribution in [1.82, 2.24) is 9.97 Å². The third-order valence-electron chi connectivity index (χ3n) is 4.46. The molecule has 24 heavy (non-hydrogen) atoms. The lowest BCUT2D eigenvalue weighted by atomic mass is 9.79. The van der Waals surface area contributed by atoms with E-state index in [9.17, 15) is 4.79 Å². The van der Waals surface area contributed by atoms with E-state index < -0.39 is 5.41 Å². The van der Waals surface area contributed by atoms with Crippen LogP contribution in [0.2, 0.25) is 0 Å². The number of terminal acetylenes is 1. The molecular formula is C20H20N2OS. The van der Waals surface area contributed by atoms with Crippen LogP contribution in [0.5, 0.6) is 0 Å². The van der Waals surface area contributed by atoms with E-state index in [1.807, 2.05) is 39.0 Å². The van der Waals surface area contributed by atoms with Gasteiger partial charge in [-0.2, -0.15) is 0 Å². The Balaban J connectivity index is 2.06. The van der Waals surface area contributed by atoms with Crippen molar-refractivity contribution in [2.45, 2.75) is 39.0 Å². The van der Waals surface area contributed by atoms with Gasteiger partial charge in [0.05, 0.1) is 16.1 Å². The van der Waals surface area contributed by atoms with E-state index in [-0.39, 0.29) is 5.56 Å². The monoisotopic (exact) mass is 336 g/mol. The first-order valence-corrected chi connectivity index (χ1v) is 8.88. The Hall–Kier alpha value is -2.38. The molecule has 3 nitrogen and oxygen atoms in total. The normalized spacial score (nSPS) is 13.6. The van der Waals surface area contributed by atoms with Crippen LogP contribution >= 0.6 is 11.3 Å². The summed E-state index contributed by atoms with van der Waals surface area (Å²) in [6, 6.07) is 8.03. The Morgan fingerprint density at radius 3 is 2.79 bits per heavy atom. The quantitative estimate of drug-likeness (QED) is 0.732. The standard InChI is InChI=1S/C20H20N2OS/c1-5-14-9-15-7-8-16(10-18(15)22-19(14)23)20(4,6-2)11-17-12-24-13(3)21-17/h2,7-10,12H,5,11H2,1,3-4H3,(H,22,23). The van der Waals surface area contributed by atoms with Crippen molar-refractivity contribution in [2.24, 2.45) is 0 Å². The third-order valence-corrected chi connectivity index (χ3v) is 5.28. The Morgan fingerprint density at radius 1 is 1.38 bits per heavy atom. The molecule has 0 saturated heterocycles. The van der Waals surface area contributed by atoms with E-state index >= 15 is 0 Å². The number of aromatic amines is 1. The maximum absolute atomic E-state index is 12.1. The van der Waals surface area contributed by atoms with Gasteiger partial charge in [0.15, 0.2) is 0 Å². The van der Waals surface area contributed by atoms with Crippen LogP contribution in [0.3, 0.4) is 0 Å². The number of rotatable bonds is 4. The van der Waals surface area contributed by atoms with Crippen molar-refractivity contribution < 1.29 is 0 Å². The minimum absolute atomic E-state index is 0.0281. The van der Waals surface area contributed by atoms with Gasteiger partial charge >= 0.3 is 0 Å². The molecule has 2 heterocycles. The van der Waals surface area contributed by atoms with Crippen molar-refractivity contribution in [2.75, 3.05) is 0 Å². The summed E-state index contributed by atoms with van der Waals surface area (Å²) in [7, 11) is 0. The van der Waals surface area contributed by atoms with Crippen LogP contribution in [0.4, 0.5) is 0 Å². The second-order valence-corrected chi connectivity index (χ2v) is 7.35. The maximum atomic E-state index is 12.1. The molecule has 2 aromatic heterocycles. The molecule has 3 aromatic rings. The number of aromatic nitrogens is 2. The molecule has 0 aliphatic carbocycles. The molecule has 1 aromatic carbocycles. The molecule has 0 fully saturated rings. The van der Waals surface area contributed by atoms with Crippen LogP contribution in [-0.4, -0.2) is 9.97 Å². The molecule has 0 bridgehead atoms. The lowest BCUT2D eigenvalue weighted by molar-refractivity contribution is 0.607. The highest BCUT2D eigenvalue weighted by Gasteiger charge is 2.26. The molecule has 4 heteroatoms. The maximum Gasteiger partial charge on any atom is 0.251 e. The summed E-state index contributed by atoms with van der Waals surface area (Å²) in [6.07, 6.45) is 7.26. The van der Waals surface area contributed by atoms with Gasteiger partial charge in [-0.25, -0.2) is 4.98 Å². The Bertz CT molecular complexity index is 993. The number of hydrogen-bond acceptors (Lipinski definition) is 3. The topological polar surface area (TPSA) is 45.8 Å². The number of nitrogens with zero attached hydrogens (tertiary/aromatic N) is 1. The smallest absolute Gasteiger partial charge is 0.251 e. The summed E-state index contributed by atoms with van der Waals surface area (Å²) < 4.78 is 0. The van der Waals surface area contributed by atoms with Crippen molar-refractivity contribution in [3.8, 4) is 12.3 Å². The summed E-state index contributed by atoms with van der Waals surface area (Å²) in [4.78, 5) is 19.6. The van der Waals surface area contributed by atoms with Gasteiger partial charge in [0.1, 0.15) is 0 Å². The van der Waals surface area contributed by atoms with Crippen molar-refractivity contribution >= 4 is 22.2 Å². The number of benzene rings is 1. The molecule has 0 aliphatic rings. The number of hydrogen-bond donors (Lipinski definition) is 1. The first-order chi connectivity index (χ1) is 11.4. The van der Waals surface area contributed by atoms with Gasteiger partial charge < -0.3 is 4.98 Å². The largest absolute Gasteiger partial charge is 0.322 e. The second kappa shape index (κ2) is 6.26. The zero-order chi connectivity index (χ0) is 17.3. The van der Waals surface area contributed by atoms with Crippen LogP contribution in [0.15, 0.2) is 34.4 Å². The van der Waals surface area contributed by atoms with Crippen molar-refractivity contribution in [3.05, 3.63) is 61.8 Å². The molecule has 1 unspecified atom stereocenters. The van der Waals surface area contributed by atoms with E-state index in [1.54, 1.807) is 11.3 Å². The second-order valence-electron chi connectivity index (χ2n) is 6.29. The molecule has 3 rings (SSSR count). The van der Waals surface area contributed by atoms with Crippen LogP contribution in [0.25, 0.3) is 10.9 Å². The van der Waals surface area contributed by atoms with Crippen LogP contribution in [0, 0.1) is 19.3 Å². The fraction of sp³-hybridized carbons (Fsp3) is 0.300. The number of pyridine rings is 1. The van der Waals surface area contributed by atoms with Gasteiger partial charge in [0.2, 0.25) is 0 Å². The van der Waals surface area contributed by atoms with Gasteiger partial charge in [-0.3, -0.25) is 4.79 Å². The fourth-order valence-electron chi connectivity index (χ4n) is 2.94. The van der Waals surface area contributed by atoms with E-state index in [4.69, 9.17) is 6.42 Å². The molecule has 0 amide bonds. The highest BCUT2D eigenvalue weighted by atomic mass is 32.1. The number of thiazole rings is 1. The summed E-state index contributed by atoms with van der Waals surface area (Å²) in [5.41, 5.74) is 3.16. The SMILES string of the molecule is C#CC(C)(Cc1csc(C)n1)c1ccc2cc(CC)c(=O)[nH]c2c1. The van der Waals surface area contributed by atoms with E-state index in [2.05, 4.69) is 27.3 Å². The van der Waals surface area contributed by atoms with Gasteiger partial charge in [0, 0.05) is 22.9 Å². The zero-order valence-corrected chi connectivity index (χ0v) is 15.0. The predicted octanol–water partition coefficient (Wildman–Crippen LogP) is 3.99. The molecule has 0 saturated carbocycles. The van der Waals surface area contributed by atoms with Crippen molar-refractivity contribution in [3.63, 3.8) is 0 Å². The first-order valence-electron chi connectivity index (χ1n) is 8.00. The van der Waals surface area contributed by atoms with Crippen LogP contribution in [0.1, 0.15) is 35.7 Å².